The van der Waals surface area contributed by atoms with Crippen molar-refractivity contribution in [3.05, 3.63) is 12.2 Å². The van der Waals surface area contributed by atoms with Gasteiger partial charge in [-0.2, -0.15) is 0 Å². The fraction of sp³-hybridized carbons (Fsp3) is 0.789. The normalized spacial score (nSPS) is 11.1. The lowest BCUT2D eigenvalue weighted by atomic mass is 10.1. The summed E-state index contributed by atoms with van der Waals surface area (Å²) in [4.78, 5) is 22.9. The Morgan fingerprint density at radius 1 is 0.783 bits per heavy atom. The summed E-state index contributed by atoms with van der Waals surface area (Å²) in [5.74, 6) is -0.572. The predicted molar refractivity (Wildman–Crippen MR) is 93.1 cm³/mol. The van der Waals surface area contributed by atoms with Crippen molar-refractivity contribution in [1.29, 1.82) is 0 Å². The van der Waals surface area contributed by atoms with Gasteiger partial charge in [-0.15, -0.1) is 0 Å². The van der Waals surface area contributed by atoms with E-state index in [1.165, 1.54) is 32.1 Å². The number of hydrogen-bond donors (Lipinski definition) is 0. The molecule has 0 heterocycles. The Hall–Kier alpha value is -1.32. The van der Waals surface area contributed by atoms with Gasteiger partial charge in [0, 0.05) is 12.2 Å². The summed E-state index contributed by atoms with van der Waals surface area (Å²) in [5, 5.41) is 0. The molecule has 0 radical (unpaired) electrons. The van der Waals surface area contributed by atoms with Crippen LogP contribution in [0.4, 0.5) is 0 Å². The number of hydrogen-bond acceptors (Lipinski definition) is 4. The standard InChI is InChI=1S/C19H34O4/c1-4-7-8-9-10-11-12-15-22-18(20)13-14-19(21)23-16-17(5-2)6-3/h13-14,17H,4-12,15-16H2,1-3H3/b14-13+. The first-order valence-corrected chi connectivity index (χ1v) is 9.15. The van der Waals surface area contributed by atoms with Gasteiger partial charge < -0.3 is 9.47 Å². The topological polar surface area (TPSA) is 52.6 Å². The van der Waals surface area contributed by atoms with E-state index in [2.05, 4.69) is 20.8 Å². The average molecular weight is 326 g/mol. The second-order valence-electron chi connectivity index (χ2n) is 5.93. The lowest BCUT2D eigenvalue weighted by Crippen LogP contribution is -2.12. The molecule has 0 unspecified atom stereocenters. The SMILES string of the molecule is CCCCCCCCCOC(=O)/C=C/C(=O)OCC(CC)CC. The summed E-state index contributed by atoms with van der Waals surface area (Å²) in [7, 11) is 0. The van der Waals surface area contributed by atoms with Crippen LogP contribution in [0, 0.1) is 5.92 Å². The van der Waals surface area contributed by atoms with Crippen molar-refractivity contribution in [2.75, 3.05) is 13.2 Å². The zero-order chi connectivity index (χ0) is 17.3. The first kappa shape index (κ1) is 21.7. The number of rotatable bonds is 14. The van der Waals surface area contributed by atoms with Crippen molar-refractivity contribution in [3.63, 3.8) is 0 Å². The van der Waals surface area contributed by atoms with E-state index in [4.69, 9.17) is 9.47 Å². The molecule has 0 aliphatic rings. The molecule has 0 amide bonds. The van der Waals surface area contributed by atoms with Gasteiger partial charge in [0.1, 0.15) is 0 Å². The van der Waals surface area contributed by atoms with Crippen LogP contribution in [0.5, 0.6) is 0 Å². The van der Waals surface area contributed by atoms with E-state index in [9.17, 15) is 9.59 Å². The van der Waals surface area contributed by atoms with Crippen molar-refractivity contribution < 1.29 is 19.1 Å². The van der Waals surface area contributed by atoms with Gasteiger partial charge in [-0.05, 0) is 12.3 Å². The van der Waals surface area contributed by atoms with Crippen LogP contribution in [0.15, 0.2) is 12.2 Å². The molecular formula is C19H34O4. The zero-order valence-corrected chi connectivity index (χ0v) is 15.1. The molecule has 23 heavy (non-hydrogen) atoms. The van der Waals surface area contributed by atoms with E-state index in [0.29, 0.717) is 19.1 Å². The van der Waals surface area contributed by atoms with Crippen LogP contribution in [0.2, 0.25) is 0 Å². The van der Waals surface area contributed by atoms with Gasteiger partial charge in [0.25, 0.3) is 0 Å². The molecule has 0 aromatic heterocycles. The van der Waals surface area contributed by atoms with E-state index in [1.54, 1.807) is 0 Å². The quantitative estimate of drug-likeness (QED) is 0.261. The summed E-state index contributed by atoms with van der Waals surface area (Å²) in [6, 6.07) is 0. The van der Waals surface area contributed by atoms with Gasteiger partial charge in [-0.1, -0.05) is 72.1 Å². The Labute approximate surface area is 141 Å². The molecule has 134 valence electrons. The van der Waals surface area contributed by atoms with Crippen molar-refractivity contribution in [3.8, 4) is 0 Å². The molecule has 0 aromatic carbocycles. The lowest BCUT2D eigenvalue weighted by Gasteiger charge is -2.11. The smallest absolute Gasteiger partial charge is 0.331 e. The monoisotopic (exact) mass is 326 g/mol. The molecule has 4 heteroatoms. The van der Waals surface area contributed by atoms with Crippen LogP contribution >= 0.6 is 0 Å². The van der Waals surface area contributed by atoms with Gasteiger partial charge in [0.15, 0.2) is 0 Å². The second-order valence-corrected chi connectivity index (χ2v) is 5.93. The molecule has 0 fully saturated rings. The molecule has 0 bridgehead atoms. The molecule has 0 aliphatic carbocycles. The molecular weight excluding hydrogens is 292 g/mol. The molecule has 0 spiro atoms. The average Bonchev–Trinajstić information content (AvgIpc) is 2.56. The van der Waals surface area contributed by atoms with Crippen molar-refractivity contribution in [2.45, 2.75) is 78.6 Å². The lowest BCUT2D eigenvalue weighted by molar-refractivity contribution is -0.141. The van der Waals surface area contributed by atoms with E-state index in [0.717, 1.165) is 37.8 Å². The van der Waals surface area contributed by atoms with E-state index >= 15 is 0 Å². The highest BCUT2D eigenvalue weighted by atomic mass is 16.5. The van der Waals surface area contributed by atoms with Crippen molar-refractivity contribution >= 4 is 11.9 Å². The first-order chi connectivity index (χ1) is 11.1. The maximum Gasteiger partial charge on any atom is 0.331 e. The largest absolute Gasteiger partial charge is 0.463 e. The number of esters is 2. The van der Waals surface area contributed by atoms with E-state index in [-0.39, 0.29) is 0 Å². The predicted octanol–water partition coefficient (Wildman–Crippen LogP) is 4.82. The minimum atomic E-state index is -0.482. The van der Waals surface area contributed by atoms with Crippen LogP contribution < -0.4 is 0 Å². The molecule has 0 atom stereocenters. The molecule has 0 aliphatic heterocycles. The Balaban J connectivity index is 3.62. The number of ether oxygens (including phenoxy) is 2. The number of carbonyl (C=O) groups is 2. The van der Waals surface area contributed by atoms with Crippen LogP contribution in [-0.2, 0) is 19.1 Å². The van der Waals surface area contributed by atoms with Gasteiger partial charge in [0.05, 0.1) is 13.2 Å². The molecule has 0 saturated carbocycles. The third-order valence-electron chi connectivity index (χ3n) is 3.96. The summed E-state index contributed by atoms with van der Waals surface area (Å²) in [6.07, 6.45) is 12.5. The minimum Gasteiger partial charge on any atom is -0.463 e. The van der Waals surface area contributed by atoms with Crippen LogP contribution in [0.25, 0.3) is 0 Å². The fourth-order valence-corrected chi connectivity index (χ4v) is 2.19. The fourth-order valence-electron chi connectivity index (χ4n) is 2.19. The third kappa shape index (κ3) is 14.0. The van der Waals surface area contributed by atoms with Gasteiger partial charge in [-0.3, -0.25) is 0 Å². The Morgan fingerprint density at radius 3 is 1.87 bits per heavy atom. The third-order valence-corrected chi connectivity index (χ3v) is 3.96. The van der Waals surface area contributed by atoms with Crippen molar-refractivity contribution in [2.24, 2.45) is 5.92 Å². The Kier molecular flexibility index (Phi) is 14.7. The molecule has 0 saturated heterocycles. The van der Waals surface area contributed by atoms with Crippen molar-refractivity contribution in [1.82, 2.24) is 0 Å². The minimum absolute atomic E-state index is 0.386. The highest BCUT2D eigenvalue weighted by Gasteiger charge is 2.06. The van der Waals surface area contributed by atoms with Gasteiger partial charge in [0.2, 0.25) is 0 Å². The summed E-state index contributed by atoms with van der Waals surface area (Å²) in [5.41, 5.74) is 0. The maximum absolute atomic E-state index is 11.5. The van der Waals surface area contributed by atoms with Crippen LogP contribution in [0.3, 0.4) is 0 Å². The summed E-state index contributed by atoms with van der Waals surface area (Å²) in [6.45, 7) is 7.16. The highest BCUT2D eigenvalue weighted by Crippen LogP contribution is 2.08. The Morgan fingerprint density at radius 2 is 1.30 bits per heavy atom. The second kappa shape index (κ2) is 15.6. The van der Waals surface area contributed by atoms with Crippen LogP contribution in [-0.4, -0.2) is 25.2 Å². The maximum atomic E-state index is 11.5. The summed E-state index contributed by atoms with van der Waals surface area (Å²) < 4.78 is 10.1. The molecule has 4 nitrogen and oxygen atoms in total. The highest BCUT2D eigenvalue weighted by molar-refractivity contribution is 5.91. The number of unbranched alkanes of at least 4 members (excludes halogenated alkanes) is 6. The Bertz CT molecular complexity index is 332. The van der Waals surface area contributed by atoms with Crippen LogP contribution in [0.1, 0.15) is 78.6 Å². The zero-order valence-electron chi connectivity index (χ0n) is 15.1. The number of carbonyl (C=O) groups excluding carboxylic acids is 2. The van der Waals surface area contributed by atoms with E-state index < -0.39 is 11.9 Å². The van der Waals surface area contributed by atoms with Gasteiger partial charge in [-0.25, -0.2) is 9.59 Å². The van der Waals surface area contributed by atoms with Gasteiger partial charge >= 0.3 is 11.9 Å². The van der Waals surface area contributed by atoms with E-state index in [1.807, 2.05) is 0 Å². The summed E-state index contributed by atoms with van der Waals surface area (Å²) >= 11 is 0. The molecule has 0 rings (SSSR count). The first-order valence-electron chi connectivity index (χ1n) is 9.15. The molecule has 0 aromatic rings. The molecule has 0 N–H and O–H groups in total.